The number of carbonyl (C=O) groups is 1. The van der Waals surface area contributed by atoms with Gasteiger partial charge in [0, 0.05) is 30.8 Å². The maximum Gasteiger partial charge on any atom is 0.255 e. The number of carbonyl (C=O) groups excluding carboxylic acids is 1. The van der Waals surface area contributed by atoms with Gasteiger partial charge in [0.05, 0.1) is 17.4 Å². The molecule has 1 saturated heterocycles. The normalized spacial score (nSPS) is 17.1. The van der Waals surface area contributed by atoms with E-state index in [1.807, 2.05) is 42.9 Å². The fourth-order valence-electron chi connectivity index (χ4n) is 2.99. The Labute approximate surface area is 145 Å². The third-order valence-corrected chi connectivity index (χ3v) is 4.56. The lowest BCUT2D eigenvalue weighted by Gasteiger charge is -2.10. The topological polar surface area (TPSA) is 81.9 Å². The number of aryl methyl sites for hydroxylation is 1. The lowest BCUT2D eigenvalue weighted by atomic mass is 10.1. The summed E-state index contributed by atoms with van der Waals surface area (Å²) in [6, 6.07) is 5.97. The van der Waals surface area contributed by atoms with Gasteiger partial charge in [-0.1, -0.05) is 12.1 Å². The number of rotatable bonds is 3. The van der Waals surface area contributed by atoms with Crippen molar-refractivity contribution < 1.29 is 9.53 Å². The van der Waals surface area contributed by atoms with Gasteiger partial charge < -0.3 is 9.30 Å². The molecule has 1 N–H and O–H groups in total. The molecule has 1 amide bonds. The van der Waals surface area contributed by atoms with Gasteiger partial charge in [0.1, 0.15) is 11.9 Å². The molecule has 128 valence electrons. The maximum absolute atomic E-state index is 12.2. The van der Waals surface area contributed by atoms with Crippen LogP contribution >= 0.6 is 0 Å². The van der Waals surface area contributed by atoms with Gasteiger partial charge in [0.2, 0.25) is 5.95 Å². The molecule has 4 rings (SSSR count). The minimum atomic E-state index is -0.400. The van der Waals surface area contributed by atoms with Gasteiger partial charge in [-0.05, 0) is 25.8 Å². The van der Waals surface area contributed by atoms with Crippen molar-refractivity contribution >= 4 is 22.8 Å². The van der Waals surface area contributed by atoms with E-state index in [4.69, 9.17) is 4.74 Å². The molecule has 2 aromatic heterocycles. The van der Waals surface area contributed by atoms with E-state index in [2.05, 4.69) is 20.3 Å². The highest BCUT2D eigenvalue weighted by molar-refractivity contribution is 5.94. The van der Waals surface area contributed by atoms with Crippen molar-refractivity contribution in [3.8, 4) is 11.3 Å². The molecule has 0 saturated carbocycles. The summed E-state index contributed by atoms with van der Waals surface area (Å²) in [7, 11) is 1.98. The first-order chi connectivity index (χ1) is 12.1. The lowest BCUT2D eigenvalue weighted by molar-refractivity contribution is -0.124. The first kappa shape index (κ1) is 15.7. The zero-order chi connectivity index (χ0) is 17.4. The maximum atomic E-state index is 12.2. The number of nitrogens with one attached hydrogen (secondary N) is 1. The molecule has 7 heteroatoms. The molecule has 3 heterocycles. The van der Waals surface area contributed by atoms with E-state index in [0.717, 1.165) is 40.8 Å². The molecule has 1 aliphatic heterocycles. The third-order valence-electron chi connectivity index (χ3n) is 4.56. The molecule has 25 heavy (non-hydrogen) atoms. The average molecular weight is 337 g/mol. The summed E-state index contributed by atoms with van der Waals surface area (Å²) in [6.07, 6.45) is 4.81. The molecular weight excluding hydrogens is 318 g/mol. The van der Waals surface area contributed by atoms with Crippen molar-refractivity contribution in [2.75, 3.05) is 11.9 Å². The van der Waals surface area contributed by atoms with Gasteiger partial charge in [-0.2, -0.15) is 0 Å². The van der Waals surface area contributed by atoms with Gasteiger partial charge in [0.15, 0.2) is 0 Å². The molecule has 0 unspecified atom stereocenters. The smallest absolute Gasteiger partial charge is 0.255 e. The second kappa shape index (κ2) is 6.25. The van der Waals surface area contributed by atoms with Gasteiger partial charge in [-0.15, -0.1) is 0 Å². The Balaban J connectivity index is 1.64. The molecular formula is C18H19N5O2. The summed E-state index contributed by atoms with van der Waals surface area (Å²) in [5.41, 5.74) is 2.81. The zero-order valence-electron chi connectivity index (χ0n) is 14.2. The van der Waals surface area contributed by atoms with Crippen molar-refractivity contribution in [1.82, 2.24) is 19.5 Å². The number of hydrogen-bond donors (Lipinski definition) is 1. The molecule has 1 aliphatic rings. The van der Waals surface area contributed by atoms with Crippen molar-refractivity contribution in [2.45, 2.75) is 25.9 Å². The minimum Gasteiger partial charge on any atom is -0.368 e. The van der Waals surface area contributed by atoms with Crippen molar-refractivity contribution in [2.24, 2.45) is 7.05 Å². The van der Waals surface area contributed by atoms with Crippen LogP contribution in [0.3, 0.4) is 0 Å². The van der Waals surface area contributed by atoms with Gasteiger partial charge in [0.25, 0.3) is 5.91 Å². The average Bonchev–Trinajstić information content (AvgIpc) is 3.26. The predicted molar refractivity (Wildman–Crippen MR) is 94.1 cm³/mol. The molecule has 1 fully saturated rings. The number of ether oxygens (including phenoxy) is 1. The number of benzene rings is 1. The number of nitrogens with zero attached hydrogens (tertiary/aromatic N) is 4. The van der Waals surface area contributed by atoms with Crippen molar-refractivity contribution in [3.05, 3.63) is 36.4 Å². The predicted octanol–water partition coefficient (Wildman–Crippen LogP) is 2.46. The Hall–Kier alpha value is -2.80. The minimum absolute atomic E-state index is 0.185. The Bertz CT molecular complexity index is 944. The monoisotopic (exact) mass is 337 g/mol. The molecule has 7 nitrogen and oxygen atoms in total. The Morgan fingerprint density at radius 1 is 1.32 bits per heavy atom. The van der Waals surface area contributed by atoms with Crippen LogP contribution in [0.4, 0.5) is 5.95 Å². The summed E-state index contributed by atoms with van der Waals surface area (Å²) in [5, 5.41) is 3.66. The lowest BCUT2D eigenvalue weighted by Crippen LogP contribution is -2.27. The van der Waals surface area contributed by atoms with Gasteiger partial charge in [-0.25, -0.2) is 15.0 Å². The highest BCUT2D eigenvalue weighted by Gasteiger charge is 2.24. The number of aromatic nitrogens is 4. The van der Waals surface area contributed by atoms with Crippen LogP contribution in [0.2, 0.25) is 0 Å². The Kier molecular flexibility index (Phi) is 3.93. The number of anilines is 1. The van der Waals surface area contributed by atoms with Crippen LogP contribution in [-0.4, -0.2) is 38.1 Å². The summed E-state index contributed by atoms with van der Waals surface area (Å²) in [4.78, 5) is 25.2. The number of hydrogen-bond acceptors (Lipinski definition) is 5. The Morgan fingerprint density at radius 2 is 2.20 bits per heavy atom. The van der Waals surface area contributed by atoms with Crippen LogP contribution < -0.4 is 5.32 Å². The van der Waals surface area contributed by atoms with Crippen LogP contribution in [0, 0.1) is 6.92 Å². The van der Waals surface area contributed by atoms with E-state index in [1.165, 1.54) is 0 Å². The SMILES string of the molecule is Cc1ncc(-c2ccc3cnc(NC(=O)[C@@H]4CCCO4)nc3c2)n1C. The first-order valence-corrected chi connectivity index (χ1v) is 8.30. The molecule has 1 atom stereocenters. The summed E-state index contributed by atoms with van der Waals surface area (Å²) in [5.74, 6) is 1.06. The second-order valence-electron chi connectivity index (χ2n) is 6.21. The highest BCUT2D eigenvalue weighted by Crippen LogP contribution is 2.24. The molecule has 0 aliphatic carbocycles. The third kappa shape index (κ3) is 2.98. The van der Waals surface area contributed by atoms with E-state index in [-0.39, 0.29) is 5.91 Å². The summed E-state index contributed by atoms with van der Waals surface area (Å²) < 4.78 is 7.42. The van der Waals surface area contributed by atoms with E-state index in [1.54, 1.807) is 6.20 Å². The van der Waals surface area contributed by atoms with E-state index >= 15 is 0 Å². The van der Waals surface area contributed by atoms with E-state index in [0.29, 0.717) is 12.6 Å². The van der Waals surface area contributed by atoms with Gasteiger partial charge >= 0.3 is 0 Å². The van der Waals surface area contributed by atoms with Crippen molar-refractivity contribution in [1.29, 1.82) is 0 Å². The van der Waals surface area contributed by atoms with Crippen LogP contribution in [0.5, 0.6) is 0 Å². The Morgan fingerprint density at radius 3 is 2.92 bits per heavy atom. The van der Waals surface area contributed by atoms with Crippen LogP contribution in [0.25, 0.3) is 22.2 Å². The van der Waals surface area contributed by atoms with E-state index in [9.17, 15) is 4.79 Å². The number of imidazole rings is 1. The number of fused-ring (bicyclic) bond motifs is 1. The molecule has 0 spiro atoms. The summed E-state index contributed by atoms with van der Waals surface area (Å²) >= 11 is 0. The largest absolute Gasteiger partial charge is 0.368 e. The first-order valence-electron chi connectivity index (χ1n) is 8.30. The van der Waals surface area contributed by atoms with E-state index < -0.39 is 6.10 Å². The van der Waals surface area contributed by atoms with Crippen LogP contribution in [0.15, 0.2) is 30.6 Å². The quantitative estimate of drug-likeness (QED) is 0.794. The fraction of sp³-hybridized carbons (Fsp3) is 0.333. The molecule has 3 aromatic rings. The molecule has 1 aromatic carbocycles. The zero-order valence-corrected chi connectivity index (χ0v) is 14.2. The second-order valence-corrected chi connectivity index (χ2v) is 6.21. The summed E-state index contributed by atoms with van der Waals surface area (Å²) in [6.45, 7) is 2.59. The molecule has 0 bridgehead atoms. The van der Waals surface area contributed by atoms with Crippen molar-refractivity contribution in [3.63, 3.8) is 0 Å². The standard InChI is InChI=1S/C18H19N5O2/c1-11-19-10-15(23(11)2)12-5-6-13-9-20-18(21-14(13)8-12)22-17(24)16-4-3-7-25-16/h5-6,8-10,16H,3-4,7H2,1-2H3,(H,20,21,22,24)/t16-/m0/s1. The van der Waals surface area contributed by atoms with Crippen LogP contribution in [0.1, 0.15) is 18.7 Å². The highest BCUT2D eigenvalue weighted by atomic mass is 16.5. The fourth-order valence-corrected chi connectivity index (χ4v) is 2.99. The van der Waals surface area contributed by atoms with Crippen LogP contribution in [-0.2, 0) is 16.6 Å². The molecule has 0 radical (unpaired) electrons. The number of amides is 1. The van der Waals surface area contributed by atoms with Gasteiger partial charge in [-0.3, -0.25) is 10.1 Å².